The number of rotatable bonds is 1. The van der Waals surface area contributed by atoms with Gasteiger partial charge >= 0.3 is 0 Å². The average molecular weight is 214 g/mol. The molecule has 0 spiro atoms. The molecule has 0 atom stereocenters. The first kappa shape index (κ1) is 9.25. The minimum absolute atomic E-state index is 0. The molecule has 9 heavy (non-hydrogen) atoms. The van der Waals surface area contributed by atoms with Crippen molar-refractivity contribution >= 4 is 5.71 Å². The maximum Gasteiger partial charge on any atom is 0 e. The van der Waals surface area contributed by atoms with E-state index in [1.165, 1.54) is 5.71 Å². The van der Waals surface area contributed by atoms with Gasteiger partial charge in [0.25, 0.3) is 0 Å². The third kappa shape index (κ3) is 2.55. The summed E-state index contributed by atoms with van der Waals surface area (Å²) >= 11 is 0. The third-order valence-electron chi connectivity index (χ3n) is 1.31. The monoisotopic (exact) mass is 214 g/mol. The summed E-state index contributed by atoms with van der Waals surface area (Å²) in [4.78, 5) is 4.19. The van der Waals surface area contributed by atoms with Crippen molar-refractivity contribution in [2.24, 2.45) is 10.9 Å². The fourth-order valence-corrected chi connectivity index (χ4v) is 0.721. The summed E-state index contributed by atoms with van der Waals surface area (Å²) in [5.74, 6) is 0.598. The topological polar surface area (TPSA) is 26.5 Å². The zero-order valence-electron chi connectivity index (χ0n) is 5.72. The molecule has 0 N–H and O–H groups in total. The van der Waals surface area contributed by atoms with E-state index in [-0.39, 0.29) is 19.5 Å². The second-order valence-electron chi connectivity index (χ2n) is 2.33. The Hall–Kier alpha value is 0.253. The maximum atomic E-state index is 4.19. The van der Waals surface area contributed by atoms with Crippen LogP contribution in [0.4, 0.5) is 0 Å². The Morgan fingerprint density at radius 3 is 2.44 bits per heavy atom. The Morgan fingerprint density at radius 1 is 1.56 bits per heavy atom. The van der Waals surface area contributed by atoms with E-state index in [1.54, 1.807) is 0 Å². The minimum atomic E-state index is 0. The molecule has 0 fully saturated rings. The Balaban J connectivity index is 0.000000640. The minimum Gasteiger partial charge on any atom is -0.639 e. The fourth-order valence-electron chi connectivity index (χ4n) is 0.721. The van der Waals surface area contributed by atoms with Gasteiger partial charge in [-0.1, -0.05) is 20.5 Å². The van der Waals surface area contributed by atoms with Gasteiger partial charge in [0.15, 0.2) is 0 Å². The average Bonchev–Trinajstić information content (AvgIpc) is 2.12. The van der Waals surface area contributed by atoms with E-state index in [0.29, 0.717) is 12.6 Å². The van der Waals surface area contributed by atoms with Crippen molar-refractivity contribution in [2.45, 2.75) is 13.8 Å². The second kappa shape index (κ2) is 4.13. The molecule has 0 unspecified atom stereocenters. The molecule has 1 aliphatic rings. The third-order valence-corrected chi connectivity index (χ3v) is 1.31. The summed E-state index contributed by atoms with van der Waals surface area (Å²) in [5.41, 5.74) is 1.25. The van der Waals surface area contributed by atoms with Gasteiger partial charge in [-0.2, -0.15) is 0 Å². The van der Waals surface area contributed by atoms with Crippen molar-refractivity contribution in [1.82, 2.24) is 0 Å². The first-order valence-electron chi connectivity index (χ1n) is 2.97. The number of hydrogen-bond donors (Lipinski definition) is 0. The summed E-state index contributed by atoms with van der Waals surface area (Å²) in [6.45, 7) is 5.88. The Labute approximate surface area is 68.9 Å². The quantitative estimate of drug-likeness (QED) is 0.590. The van der Waals surface area contributed by atoms with Crippen molar-refractivity contribution in [2.75, 3.05) is 13.2 Å². The molecule has 0 aromatic rings. The molecular weight excluding hydrogens is 203 g/mol. The van der Waals surface area contributed by atoms with E-state index in [1.807, 2.05) is 0 Å². The van der Waals surface area contributed by atoms with Gasteiger partial charge in [-0.15, -0.1) is 6.54 Å². The molecule has 1 rings (SSSR count). The van der Waals surface area contributed by atoms with E-state index < -0.39 is 0 Å². The fraction of sp³-hybridized carbons (Fsp3) is 0.833. The van der Waals surface area contributed by atoms with Gasteiger partial charge in [0, 0.05) is 19.5 Å². The van der Waals surface area contributed by atoms with Gasteiger partial charge in [-0.3, -0.25) is 0 Å². The maximum absolute atomic E-state index is 4.19. The molecule has 55 valence electrons. The van der Waals surface area contributed by atoms with Gasteiger partial charge in [0.05, 0.1) is 0 Å². The van der Waals surface area contributed by atoms with Crippen LogP contribution in [0.25, 0.3) is 5.32 Å². The van der Waals surface area contributed by atoms with Crippen LogP contribution in [0, 0.1) is 5.92 Å². The molecule has 1 aliphatic heterocycles. The van der Waals surface area contributed by atoms with E-state index in [2.05, 4.69) is 24.2 Å². The Kier molecular flexibility index (Phi) is 4.25. The van der Waals surface area contributed by atoms with E-state index in [9.17, 15) is 0 Å². The van der Waals surface area contributed by atoms with Crippen LogP contribution in [-0.2, 0) is 19.5 Å². The molecule has 0 aromatic carbocycles. The summed E-state index contributed by atoms with van der Waals surface area (Å²) in [6, 6.07) is 0. The standard InChI is InChI=1S/C6H11N2.Rh/c1-5(2)6-3-7-4-8-6;/h5H,3-4H2,1-2H3;/q-1;. The molecule has 0 saturated heterocycles. The smallest absolute Gasteiger partial charge is 0 e. The van der Waals surface area contributed by atoms with Crippen LogP contribution >= 0.6 is 0 Å². The first-order chi connectivity index (χ1) is 3.80. The van der Waals surface area contributed by atoms with Crippen LogP contribution in [0.2, 0.25) is 0 Å². The Morgan fingerprint density at radius 2 is 2.22 bits per heavy atom. The first-order valence-corrected chi connectivity index (χ1v) is 2.97. The summed E-state index contributed by atoms with van der Waals surface area (Å²) in [5, 5.41) is 4.08. The second-order valence-corrected chi connectivity index (χ2v) is 2.33. The van der Waals surface area contributed by atoms with Crippen LogP contribution < -0.4 is 0 Å². The normalized spacial score (nSPS) is 17.4. The van der Waals surface area contributed by atoms with Crippen molar-refractivity contribution in [3.05, 3.63) is 5.32 Å². The van der Waals surface area contributed by atoms with Gasteiger partial charge in [-0.25, -0.2) is 0 Å². The summed E-state index contributed by atoms with van der Waals surface area (Å²) in [7, 11) is 0. The number of aliphatic imine (C=N–C) groups is 1. The predicted molar refractivity (Wildman–Crippen MR) is 35.4 cm³/mol. The molecule has 1 radical (unpaired) electrons. The number of nitrogens with zero attached hydrogens (tertiary/aromatic N) is 2. The van der Waals surface area contributed by atoms with Crippen LogP contribution in [0.15, 0.2) is 4.99 Å². The molecular formula is C6H11N2Rh-. The van der Waals surface area contributed by atoms with Gasteiger partial charge in [0.2, 0.25) is 0 Å². The van der Waals surface area contributed by atoms with Gasteiger partial charge in [-0.05, 0) is 11.6 Å². The van der Waals surface area contributed by atoms with Crippen LogP contribution in [-0.4, -0.2) is 18.9 Å². The Bertz CT molecular complexity index is 110. The van der Waals surface area contributed by atoms with Crippen molar-refractivity contribution in [3.63, 3.8) is 0 Å². The SMILES string of the molecule is CC(C)C1=NC[N-]C1.[Rh]. The molecule has 0 saturated carbocycles. The molecule has 3 heteroatoms. The molecule has 2 nitrogen and oxygen atoms in total. The zero-order chi connectivity index (χ0) is 5.98. The van der Waals surface area contributed by atoms with E-state index >= 15 is 0 Å². The molecule has 0 aliphatic carbocycles. The van der Waals surface area contributed by atoms with Crippen LogP contribution in [0.1, 0.15) is 13.8 Å². The molecule has 1 heterocycles. The largest absolute Gasteiger partial charge is 0.639 e. The van der Waals surface area contributed by atoms with Crippen molar-refractivity contribution < 1.29 is 19.5 Å². The van der Waals surface area contributed by atoms with Crippen molar-refractivity contribution in [1.29, 1.82) is 0 Å². The van der Waals surface area contributed by atoms with Gasteiger partial charge in [0.1, 0.15) is 0 Å². The van der Waals surface area contributed by atoms with E-state index in [0.717, 1.165) is 6.54 Å². The molecule has 0 bridgehead atoms. The van der Waals surface area contributed by atoms with Gasteiger partial charge < -0.3 is 10.3 Å². The molecule has 0 aromatic heterocycles. The predicted octanol–water partition coefficient (Wildman–Crippen LogP) is 1.43. The van der Waals surface area contributed by atoms with Crippen LogP contribution in [0.3, 0.4) is 0 Å². The van der Waals surface area contributed by atoms with Crippen molar-refractivity contribution in [3.8, 4) is 0 Å². The molecule has 0 amide bonds. The zero-order valence-corrected chi connectivity index (χ0v) is 7.36. The summed E-state index contributed by atoms with van der Waals surface area (Å²) in [6.07, 6.45) is 0. The summed E-state index contributed by atoms with van der Waals surface area (Å²) < 4.78 is 0. The number of hydrogen-bond acceptors (Lipinski definition) is 1. The van der Waals surface area contributed by atoms with E-state index in [4.69, 9.17) is 0 Å². The van der Waals surface area contributed by atoms with Crippen LogP contribution in [0.5, 0.6) is 0 Å².